The number of phosphoric acid groups is 1. The molecule has 0 radical (unpaired) electrons. The SMILES string of the molecule is CCCCCCCCCCCCCCCCCCNC(=O)NC[C@H](O)COP(=O)(O)OCC[N+](C)(C)C. The van der Waals surface area contributed by atoms with E-state index in [-0.39, 0.29) is 19.2 Å². The summed E-state index contributed by atoms with van der Waals surface area (Å²) in [6.07, 6.45) is 19.9. The van der Waals surface area contributed by atoms with Gasteiger partial charge in [0.2, 0.25) is 0 Å². The first-order valence-electron chi connectivity index (χ1n) is 14.7. The number of hydrogen-bond donors (Lipinski definition) is 4. The van der Waals surface area contributed by atoms with E-state index in [4.69, 9.17) is 9.05 Å². The summed E-state index contributed by atoms with van der Waals surface area (Å²) in [5.41, 5.74) is 0. The van der Waals surface area contributed by atoms with Crippen LogP contribution in [0.4, 0.5) is 4.79 Å². The lowest BCUT2D eigenvalue weighted by Gasteiger charge is -2.24. The Hall–Kier alpha value is -0.700. The van der Waals surface area contributed by atoms with Crippen LogP contribution in [0.1, 0.15) is 110 Å². The molecule has 0 aromatic carbocycles. The molecule has 0 aromatic heterocycles. The van der Waals surface area contributed by atoms with Gasteiger partial charge < -0.3 is 25.1 Å². The highest BCUT2D eigenvalue weighted by atomic mass is 31.2. The van der Waals surface area contributed by atoms with Crippen LogP contribution in [0.15, 0.2) is 0 Å². The minimum Gasteiger partial charge on any atom is -0.389 e. The third-order valence-corrected chi connectivity index (χ3v) is 7.24. The number of likely N-dealkylation sites (N-methyl/N-ethyl adjacent to an activating group) is 1. The van der Waals surface area contributed by atoms with Crippen LogP contribution < -0.4 is 10.6 Å². The van der Waals surface area contributed by atoms with Gasteiger partial charge in [0.1, 0.15) is 13.2 Å². The molecule has 9 nitrogen and oxygen atoms in total. The zero-order chi connectivity index (χ0) is 27.8. The van der Waals surface area contributed by atoms with Gasteiger partial charge in [-0.15, -0.1) is 0 Å². The maximum absolute atomic E-state index is 11.8. The van der Waals surface area contributed by atoms with E-state index in [1.807, 2.05) is 21.1 Å². The number of nitrogens with one attached hydrogen (secondary N) is 2. The lowest BCUT2D eigenvalue weighted by atomic mass is 10.0. The Morgan fingerprint density at radius 1 is 0.784 bits per heavy atom. The maximum atomic E-state index is 11.8. The van der Waals surface area contributed by atoms with Gasteiger partial charge in [-0.2, -0.15) is 0 Å². The van der Waals surface area contributed by atoms with Gasteiger partial charge in [-0.1, -0.05) is 103 Å². The van der Waals surface area contributed by atoms with E-state index in [1.165, 1.54) is 89.9 Å². The fraction of sp³-hybridized carbons (Fsp3) is 0.963. The molecule has 0 aliphatic carbocycles. The van der Waals surface area contributed by atoms with Crippen molar-refractivity contribution in [3.8, 4) is 0 Å². The fourth-order valence-electron chi connectivity index (χ4n) is 3.85. The highest BCUT2D eigenvalue weighted by Crippen LogP contribution is 2.43. The van der Waals surface area contributed by atoms with E-state index in [0.29, 0.717) is 17.6 Å². The number of quaternary nitrogens is 1. The highest BCUT2D eigenvalue weighted by Gasteiger charge is 2.24. The minimum absolute atomic E-state index is 0.0629. The van der Waals surface area contributed by atoms with Crippen LogP contribution in [0.5, 0.6) is 0 Å². The molecule has 1 unspecified atom stereocenters. The molecule has 0 fully saturated rings. The number of rotatable bonds is 26. The lowest BCUT2D eigenvalue weighted by Crippen LogP contribution is -2.41. The Morgan fingerprint density at radius 2 is 1.24 bits per heavy atom. The largest absolute Gasteiger partial charge is 0.472 e. The Balaban J connectivity index is 3.48. The van der Waals surface area contributed by atoms with Crippen molar-refractivity contribution >= 4 is 13.9 Å². The molecule has 2 atom stereocenters. The van der Waals surface area contributed by atoms with E-state index in [2.05, 4.69) is 17.6 Å². The van der Waals surface area contributed by atoms with Crippen LogP contribution in [0.2, 0.25) is 0 Å². The van der Waals surface area contributed by atoms with Crippen molar-refractivity contribution in [2.75, 3.05) is 54.0 Å². The number of unbranched alkanes of at least 4 members (excludes halogenated alkanes) is 15. The van der Waals surface area contributed by atoms with E-state index >= 15 is 0 Å². The zero-order valence-corrected chi connectivity index (χ0v) is 25.2. The number of hydrogen-bond acceptors (Lipinski definition) is 5. The molecule has 0 saturated carbocycles. The predicted molar refractivity (Wildman–Crippen MR) is 152 cm³/mol. The number of amides is 2. The third-order valence-electron chi connectivity index (χ3n) is 6.26. The lowest BCUT2D eigenvalue weighted by molar-refractivity contribution is -0.870. The third kappa shape index (κ3) is 28.1. The Bertz CT molecular complexity index is 589. The monoisotopic (exact) mass is 552 g/mol. The van der Waals surface area contributed by atoms with E-state index < -0.39 is 20.5 Å². The van der Waals surface area contributed by atoms with Crippen molar-refractivity contribution in [1.82, 2.24) is 10.6 Å². The van der Waals surface area contributed by atoms with E-state index in [9.17, 15) is 19.4 Å². The van der Waals surface area contributed by atoms with Gasteiger partial charge in [-0.05, 0) is 6.42 Å². The number of nitrogens with zero attached hydrogens (tertiary/aromatic N) is 1. The maximum Gasteiger partial charge on any atom is 0.472 e. The molecule has 0 rings (SSSR count). The zero-order valence-electron chi connectivity index (χ0n) is 24.3. The second-order valence-electron chi connectivity index (χ2n) is 11.2. The van der Waals surface area contributed by atoms with Gasteiger partial charge in [0.05, 0.1) is 33.9 Å². The second-order valence-corrected chi connectivity index (χ2v) is 12.7. The molecule has 0 aliphatic heterocycles. The van der Waals surface area contributed by atoms with Crippen LogP contribution in [0, 0.1) is 0 Å². The Labute approximate surface area is 227 Å². The summed E-state index contributed by atoms with van der Waals surface area (Å²) < 4.78 is 22.1. The summed E-state index contributed by atoms with van der Waals surface area (Å²) in [6.45, 7) is 2.97. The second kappa shape index (κ2) is 23.2. The van der Waals surface area contributed by atoms with Gasteiger partial charge in [0, 0.05) is 13.1 Å². The average molecular weight is 553 g/mol. The van der Waals surface area contributed by atoms with Crippen LogP contribution in [-0.2, 0) is 13.6 Å². The van der Waals surface area contributed by atoms with Crippen molar-refractivity contribution in [3.05, 3.63) is 0 Å². The van der Waals surface area contributed by atoms with Crippen molar-refractivity contribution < 1.29 is 32.9 Å². The van der Waals surface area contributed by atoms with Gasteiger partial charge >= 0.3 is 13.9 Å². The number of carbonyl (C=O) groups excluding carboxylic acids is 1. The highest BCUT2D eigenvalue weighted by molar-refractivity contribution is 7.47. The minimum atomic E-state index is -4.23. The van der Waals surface area contributed by atoms with Gasteiger partial charge in [0.15, 0.2) is 0 Å². The normalized spacial score (nSPS) is 14.3. The Kier molecular flexibility index (Phi) is 22.8. The number of aliphatic hydroxyl groups excluding tert-OH is 1. The summed E-state index contributed by atoms with van der Waals surface area (Å²) in [5.74, 6) is 0. The molecule has 4 N–H and O–H groups in total. The predicted octanol–water partition coefficient (Wildman–Crippen LogP) is 5.75. The van der Waals surface area contributed by atoms with Crippen LogP contribution in [-0.4, -0.2) is 80.6 Å². The summed E-state index contributed by atoms with van der Waals surface area (Å²) in [5, 5.41) is 15.2. The van der Waals surface area contributed by atoms with Crippen LogP contribution >= 0.6 is 7.82 Å². The molecular formula is C27H59N3O6P+. The van der Waals surface area contributed by atoms with Crippen molar-refractivity contribution in [2.24, 2.45) is 0 Å². The fourth-order valence-corrected chi connectivity index (χ4v) is 4.60. The molecule has 222 valence electrons. The van der Waals surface area contributed by atoms with Crippen molar-refractivity contribution in [1.29, 1.82) is 0 Å². The molecule has 0 aromatic rings. The number of aliphatic hydroxyl groups is 1. The molecule has 10 heteroatoms. The summed E-state index contributed by atoms with van der Waals surface area (Å²) >= 11 is 0. The summed E-state index contributed by atoms with van der Waals surface area (Å²) in [4.78, 5) is 21.5. The van der Waals surface area contributed by atoms with Crippen LogP contribution in [0.3, 0.4) is 0 Å². The van der Waals surface area contributed by atoms with Gasteiger partial charge in [-0.3, -0.25) is 9.05 Å². The summed E-state index contributed by atoms with van der Waals surface area (Å²) in [7, 11) is 1.59. The quantitative estimate of drug-likeness (QED) is 0.0617. The molecule has 0 bridgehead atoms. The number of urea groups is 1. The molecular weight excluding hydrogens is 493 g/mol. The molecule has 0 spiro atoms. The Morgan fingerprint density at radius 3 is 1.70 bits per heavy atom. The average Bonchev–Trinajstić information content (AvgIpc) is 2.82. The van der Waals surface area contributed by atoms with Gasteiger partial charge in [0.25, 0.3) is 0 Å². The van der Waals surface area contributed by atoms with Crippen LogP contribution in [0.25, 0.3) is 0 Å². The van der Waals surface area contributed by atoms with Gasteiger partial charge in [-0.25, -0.2) is 9.36 Å². The molecule has 0 aliphatic rings. The molecule has 37 heavy (non-hydrogen) atoms. The number of phosphoric ester groups is 1. The number of carbonyl (C=O) groups is 1. The molecule has 0 heterocycles. The summed E-state index contributed by atoms with van der Waals surface area (Å²) in [6, 6.07) is -0.369. The first kappa shape index (κ1) is 36.3. The van der Waals surface area contributed by atoms with Crippen molar-refractivity contribution in [2.45, 2.75) is 116 Å². The topological polar surface area (TPSA) is 117 Å². The van der Waals surface area contributed by atoms with Crippen molar-refractivity contribution in [3.63, 3.8) is 0 Å². The first-order valence-corrected chi connectivity index (χ1v) is 16.2. The first-order chi connectivity index (χ1) is 17.6. The van der Waals surface area contributed by atoms with E-state index in [0.717, 1.165) is 12.8 Å². The van der Waals surface area contributed by atoms with E-state index in [1.54, 1.807) is 0 Å². The molecule has 2 amide bonds. The smallest absolute Gasteiger partial charge is 0.389 e. The molecule has 0 saturated heterocycles. The standard InChI is InChI=1S/C27H58N3O6P/c1-5-6-7-8-9-10-11-12-13-14-15-16-17-18-19-20-21-28-27(32)29-24-26(31)25-36-37(33,34)35-23-22-30(2,3)4/h26,31H,5-25H2,1-4H3,(H2-,28,29,32,33,34)/p+1/t26-/m0/s1.